The standard InChI is InChI=1S/C23H26O2/c1-21(2,3)23-15-22(23,17-8-6-5-7-9-17)14-19(24)20(23)16-10-12-18(25-4)13-11-16/h5-13,20H,14-15H2,1-4H3/t20-,22-,23-/m0/s1. The van der Waals surface area contributed by atoms with Gasteiger partial charge in [-0.3, -0.25) is 4.79 Å². The molecule has 2 aromatic rings. The van der Waals surface area contributed by atoms with Crippen molar-refractivity contribution in [2.24, 2.45) is 10.8 Å². The Bertz CT molecular complexity index is 800. The first-order valence-electron chi connectivity index (χ1n) is 9.08. The van der Waals surface area contributed by atoms with Crippen molar-refractivity contribution in [2.75, 3.05) is 7.11 Å². The van der Waals surface area contributed by atoms with E-state index < -0.39 is 0 Å². The summed E-state index contributed by atoms with van der Waals surface area (Å²) < 4.78 is 5.29. The van der Waals surface area contributed by atoms with E-state index in [1.54, 1.807) is 7.11 Å². The first-order chi connectivity index (χ1) is 11.9. The SMILES string of the molecule is COc1ccc([C@H]2C(=O)C[C@@]3(c4ccccc4)C[C@@]23C(C)(C)C)cc1. The minimum atomic E-state index is -0.0291. The van der Waals surface area contributed by atoms with Crippen LogP contribution in [0, 0.1) is 10.8 Å². The van der Waals surface area contributed by atoms with Gasteiger partial charge in [0.1, 0.15) is 11.5 Å². The molecule has 0 aliphatic heterocycles. The van der Waals surface area contributed by atoms with E-state index >= 15 is 0 Å². The zero-order chi connectivity index (χ0) is 17.9. The van der Waals surface area contributed by atoms with Crippen LogP contribution in [0.25, 0.3) is 0 Å². The Labute approximate surface area is 150 Å². The van der Waals surface area contributed by atoms with Crippen LogP contribution in [-0.4, -0.2) is 12.9 Å². The Kier molecular flexibility index (Phi) is 3.41. The normalized spacial score (nSPS) is 30.9. The predicted molar refractivity (Wildman–Crippen MR) is 100.0 cm³/mol. The molecule has 2 aromatic carbocycles. The Morgan fingerprint density at radius 3 is 2.20 bits per heavy atom. The summed E-state index contributed by atoms with van der Waals surface area (Å²) in [5, 5.41) is 0. The molecular formula is C23H26O2. The molecule has 2 aliphatic rings. The number of benzene rings is 2. The summed E-state index contributed by atoms with van der Waals surface area (Å²) in [6, 6.07) is 18.8. The highest BCUT2D eigenvalue weighted by Crippen LogP contribution is 2.82. The molecule has 0 amide bonds. The Balaban J connectivity index is 1.84. The molecule has 2 aliphatic carbocycles. The maximum Gasteiger partial charge on any atom is 0.141 e. The van der Waals surface area contributed by atoms with Crippen LogP contribution in [0.1, 0.15) is 50.7 Å². The number of hydrogen-bond donors (Lipinski definition) is 0. The summed E-state index contributed by atoms with van der Waals surface area (Å²) in [5.74, 6) is 1.19. The maximum atomic E-state index is 13.2. The largest absolute Gasteiger partial charge is 0.497 e. The van der Waals surface area contributed by atoms with Gasteiger partial charge in [-0.1, -0.05) is 63.2 Å². The molecule has 0 spiro atoms. The van der Waals surface area contributed by atoms with E-state index in [4.69, 9.17) is 4.74 Å². The Morgan fingerprint density at radius 2 is 1.64 bits per heavy atom. The van der Waals surface area contributed by atoms with Crippen LogP contribution < -0.4 is 4.74 Å². The van der Waals surface area contributed by atoms with Crippen molar-refractivity contribution >= 4 is 5.78 Å². The van der Waals surface area contributed by atoms with Crippen LogP contribution >= 0.6 is 0 Å². The number of Topliss-reactive ketones (excluding diaryl/α,β-unsaturated/α-hetero) is 1. The van der Waals surface area contributed by atoms with E-state index in [0.717, 1.165) is 17.7 Å². The predicted octanol–water partition coefficient (Wildman–Crippen LogP) is 5.13. The lowest BCUT2D eigenvalue weighted by Gasteiger charge is -2.37. The van der Waals surface area contributed by atoms with Gasteiger partial charge >= 0.3 is 0 Å². The van der Waals surface area contributed by atoms with E-state index in [9.17, 15) is 4.79 Å². The fourth-order valence-electron chi connectivity index (χ4n) is 5.61. The quantitative estimate of drug-likeness (QED) is 0.778. The Morgan fingerprint density at radius 1 is 1.00 bits per heavy atom. The molecule has 0 bridgehead atoms. The van der Waals surface area contributed by atoms with Gasteiger partial charge in [0.15, 0.2) is 0 Å². The van der Waals surface area contributed by atoms with Crippen LogP contribution in [0.4, 0.5) is 0 Å². The monoisotopic (exact) mass is 334 g/mol. The second-order valence-electron chi connectivity index (χ2n) is 8.70. The van der Waals surface area contributed by atoms with Gasteiger partial charge in [0, 0.05) is 17.8 Å². The van der Waals surface area contributed by atoms with Gasteiger partial charge < -0.3 is 4.74 Å². The van der Waals surface area contributed by atoms with Crippen molar-refractivity contribution < 1.29 is 9.53 Å². The Hall–Kier alpha value is -2.09. The minimum absolute atomic E-state index is 0.00577. The first kappa shape index (κ1) is 16.4. The lowest BCUT2D eigenvalue weighted by Crippen LogP contribution is -2.32. The highest BCUT2D eigenvalue weighted by Gasteiger charge is 2.80. The number of rotatable bonds is 3. The number of methoxy groups -OCH3 is 1. The van der Waals surface area contributed by atoms with E-state index in [1.165, 1.54) is 5.56 Å². The van der Waals surface area contributed by atoms with E-state index in [0.29, 0.717) is 12.2 Å². The number of carbonyl (C=O) groups excluding carboxylic acids is 1. The molecule has 2 nitrogen and oxygen atoms in total. The van der Waals surface area contributed by atoms with Gasteiger partial charge in [0.05, 0.1) is 7.11 Å². The molecule has 25 heavy (non-hydrogen) atoms. The molecule has 2 fully saturated rings. The van der Waals surface area contributed by atoms with E-state index in [2.05, 4.69) is 63.2 Å². The third-order valence-corrected chi connectivity index (χ3v) is 6.71. The molecule has 2 saturated carbocycles. The zero-order valence-electron chi connectivity index (χ0n) is 15.5. The average Bonchev–Trinajstić information content (AvgIpc) is 3.19. The van der Waals surface area contributed by atoms with Gasteiger partial charge in [0.2, 0.25) is 0 Å². The minimum Gasteiger partial charge on any atom is -0.497 e. The molecule has 0 radical (unpaired) electrons. The smallest absolute Gasteiger partial charge is 0.141 e. The highest BCUT2D eigenvalue weighted by molar-refractivity contribution is 5.94. The van der Waals surface area contributed by atoms with Crippen LogP contribution in [-0.2, 0) is 10.2 Å². The summed E-state index contributed by atoms with van der Waals surface area (Å²) in [6.07, 6.45) is 1.75. The molecule has 0 heterocycles. The molecule has 0 saturated heterocycles. The van der Waals surface area contributed by atoms with Crippen molar-refractivity contribution in [3.05, 3.63) is 65.7 Å². The summed E-state index contributed by atoms with van der Waals surface area (Å²) in [5.41, 5.74) is 2.51. The highest BCUT2D eigenvalue weighted by atomic mass is 16.5. The van der Waals surface area contributed by atoms with Gasteiger partial charge in [-0.2, -0.15) is 0 Å². The van der Waals surface area contributed by atoms with E-state index in [1.807, 2.05) is 12.1 Å². The van der Waals surface area contributed by atoms with Crippen LogP contribution in [0.15, 0.2) is 54.6 Å². The van der Waals surface area contributed by atoms with Crippen molar-refractivity contribution in [3.8, 4) is 5.75 Å². The number of hydrogen-bond acceptors (Lipinski definition) is 2. The van der Waals surface area contributed by atoms with Crippen LogP contribution in [0.3, 0.4) is 0 Å². The number of ketones is 1. The second-order valence-corrected chi connectivity index (χ2v) is 8.70. The molecule has 3 atom stereocenters. The van der Waals surface area contributed by atoms with Crippen molar-refractivity contribution in [1.29, 1.82) is 0 Å². The summed E-state index contributed by atoms with van der Waals surface area (Å²) in [7, 11) is 1.67. The fourth-order valence-corrected chi connectivity index (χ4v) is 5.61. The molecule has 2 heteroatoms. The molecule has 0 unspecified atom stereocenters. The molecule has 0 aromatic heterocycles. The summed E-state index contributed by atoms with van der Waals surface area (Å²) in [4.78, 5) is 13.2. The molecule has 4 rings (SSSR count). The molecule has 0 N–H and O–H groups in total. The topological polar surface area (TPSA) is 26.3 Å². The average molecular weight is 334 g/mol. The zero-order valence-corrected chi connectivity index (χ0v) is 15.5. The summed E-state index contributed by atoms with van der Waals surface area (Å²) >= 11 is 0. The lowest BCUT2D eigenvalue weighted by atomic mass is 9.65. The van der Waals surface area contributed by atoms with Crippen molar-refractivity contribution in [3.63, 3.8) is 0 Å². The van der Waals surface area contributed by atoms with Crippen LogP contribution in [0.5, 0.6) is 5.75 Å². The first-order valence-corrected chi connectivity index (χ1v) is 9.08. The fraction of sp³-hybridized carbons (Fsp3) is 0.435. The molecule has 130 valence electrons. The lowest BCUT2D eigenvalue weighted by molar-refractivity contribution is -0.120. The summed E-state index contributed by atoms with van der Waals surface area (Å²) in [6.45, 7) is 6.90. The number of carbonyl (C=O) groups is 1. The van der Waals surface area contributed by atoms with Gasteiger partial charge in [-0.05, 0) is 40.5 Å². The third-order valence-electron chi connectivity index (χ3n) is 6.71. The van der Waals surface area contributed by atoms with E-state index in [-0.39, 0.29) is 22.2 Å². The molecular weight excluding hydrogens is 308 g/mol. The maximum absolute atomic E-state index is 13.2. The number of fused-ring (bicyclic) bond motifs is 1. The third kappa shape index (κ3) is 2.06. The second kappa shape index (κ2) is 5.20. The van der Waals surface area contributed by atoms with Gasteiger partial charge in [0.25, 0.3) is 0 Å². The van der Waals surface area contributed by atoms with Gasteiger partial charge in [-0.15, -0.1) is 0 Å². The van der Waals surface area contributed by atoms with Gasteiger partial charge in [-0.25, -0.2) is 0 Å². The van der Waals surface area contributed by atoms with Crippen molar-refractivity contribution in [2.45, 2.75) is 44.9 Å². The van der Waals surface area contributed by atoms with Crippen molar-refractivity contribution in [1.82, 2.24) is 0 Å². The number of ether oxygens (including phenoxy) is 1. The van der Waals surface area contributed by atoms with Crippen LogP contribution in [0.2, 0.25) is 0 Å².